The van der Waals surface area contributed by atoms with Gasteiger partial charge in [-0.25, -0.2) is 0 Å². The molecule has 210 valence electrons. The Balaban J connectivity index is 4.24. The summed E-state index contributed by atoms with van der Waals surface area (Å²) in [5, 5.41) is 11.9. The number of hydrogen-bond donors (Lipinski definition) is 1. The van der Waals surface area contributed by atoms with Crippen LogP contribution >= 0.6 is 0 Å². The van der Waals surface area contributed by atoms with Crippen molar-refractivity contribution in [3.63, 3.8) is 0 Å². The van der Waals surface area contributed by atoms with Gasteiger partial charge >= 0.3 is 0 Å². The molecule has 0 aliphatic rings. The number of rotatable bonds is 23. The van der Waals surface area contributed by atoms with Crippen molar-refractivity contribution in [3.8, 4) is 0 Å². The smallest absolute Gasteiger partial charge is 0.265 e. The van der Waals surface area contributed by atoms with Gasteiger partial charge in [0.25, 0.3) is 10.1 Å². The van der Waals surface area contributed by atoms with Crippen LogP contribution in [-0.4, -0.2) is 56.4 Å². The minimum absolute atomic E-state index is 0.135. The molecule has 35 heavy (non-hydrogen) atoms. The van der Waals surface area contributed by atoms with Gasteiger partial charge in [0, 0.05) is 5.41 Å². The molecule has 7 heteroatoms. The standard InChI is InChI=1S/C28H57NO5S/c1-7-8-9-10-11-12-13-14-15-16-17-18-19-20-21-22-23-25(24-35(32,33)34)28(2,3)26(27(30)31)29(4,5)6/h25-26H,7-24H2,1-6H3,(H-,30,31,32,33,34). The van der Waals surface area contributed by atoms with Crippen molar-refractivity contribution in [2.24, 2.45) is 11.3 Å². The average Bonchev–Trinajstić information content (AvgIpc) is 2.70. The molecule has 0 saturated heterocycles. The molecule has 0 amide bonds. The fourth-order valence-corrected chi connectivity index (χ4v) is 6.81. The summed E-state index contributed by atoms with van der Waals surface area (Å²) in [7, 11) is 1.13. The molecule has 2 unspecified atom stereocenters. The van der Waals surface area contributed by atoms with Crippen molar-refractivity contribution >= 4 is 16.1 Å². The maximum atomic E-state index is 11.9. The van der Waals surface area contributed by atoms with Crippen molar-refractivity contribution in [2.75, 3.05) is 26.9 Å². The van der Waals surface area contributed by atoms with Crippen molar-refractivity contribution in [3.05, 3.63) is 0 Å². The van der Waals surface area contributed by atoms with Crippen LogP contribution < -0.4 is 5.11 Å². The summed E-state index contributed by atoms with van der Waals surface area (Å²) in [6.45, 7) is 5.84. The van der Waals surface area contributed by atoms with E-state index in [1.807, 2.05) is 0 Å². The summed E-state index contributed by atoms with van der Waals surface area (Å²) < 4.78 is 33.0. The number of likely N-dealkylation sites (N-methyl/N-ethyl adjacent to an activating group) is 1. The van der Waals surface area contributed by atoms with E-state index in [9.17, 15) is 22.9 Å². The molecule has 0 heterocycles. The molecular formula is C28H57NO5S. The van der Waals surface area contributed by atoms with Crippen LogP contribution in [0.3, 0.4) is 0 Å². The minimum Gasteiger partial charge on any atom is -0.544 e. The normalized spacial score (nSPS) is 14.7. The Bertz CT molecular complexity index is 655. The van der Waals surface area contributed by atoms with Gasteiger partial charge in [0.1, 0.15) is 6.04 Å². The zero-order chi connectivity index (χ0) is 27.0. The van der Waals surface area contributed by atoms with Gasteiger partial charge in [-0.2, -0.15) is 8.42 Å². The third kappa shape index (κ3) is 16.7. The number of carbonyl (C=O) groups is 1. The number of carboxylic acid groups (broad SMARTS) is 1. The molecule has 0 aromatic heterocycles. The third-order valence-corrected chi connectivity index (χ3v) is 8.40. The molecule has 2 atom stereocenters. The molecule has 0 rings (SSSR count). The Morgan fingerprint density at radius 3 is 1.40 bits per heavy atom. The molecule has 0 saturated carbocycles. The predicted octanol–water partition coefficient (Wildman–Crippen LogP) is 5.99. The van der Waals surface area contributed by atoms with E-state index < -0.39 is 39.2 Å². The lowest BCUT2D eigenvalue weighted by Gasteiger charge is -2.47. The Morgan fingerprint density at radius 1 is 0.771 bits per heavy atom. The van der Waals surface area contributed by atoms with Gasteiger partial charge in [-0.1, -0.05) is 124 Å². The maximum Gasteiger partial charge on any atom is 0.265 e. The summed E-state index contributed by atoms with van der Waals surface area (Å²) in [4.78, 5) is 11.9. The Kier molecular flexibility index (Phi) is 17.4. The second-order valence-corrected chi connectivity index (χ2v) is 13.7. The fraction of sp³-hybridized carbons (Fsp3) is 0.964. The van der Waals surface area contributed by atoms with Crippen LogP contribution in [-0.2, 0) is 14.9 Å². The molecule has 0 aliphatic carbocycles. The Morgan fingerprint density at radius 2 is 1.11 bits per heavy atom. The maximum absolute atomic E-state index is 11.9. The van der Waals surface area contributed by atoms with Crippen LogP contribution in [0.2, 0.25) is 0 Å². The van der Waals surface area contributed by atoms with Crippen molar-refractivity contribution in [1.82, 2.24) is 0 Å². The van der Waals surface area contributed by atoms with E-state index >= 15 is 0 Å². The molecule has 0 fully saturated rings. The van der Waals surface area contributed by atoms with Crippen molar-refractivity contribution in [2.45, 2.75) is 136 Å². The summed E-state index contributed by atoms with van der Waals surface area (Å²) >= 11 is 0. The van der Waals surface area contributed by atoms with Gasteiger partial charge < -0.3 is 14.4 Å². The molecule has 0 aromatic carbocycles. The predicted molar refractivity (Wildman–Crippen MR) is 145 cm³/mol. The SMILES string of the molecule is CCCCCCCCCCCCCCCCCCC(CS(=O)(=O)O)C(C)(C)C(C(=O)[O-])[N+](C)(C)C. The zero-order valence-corrected chi connectivity index (χ0v) is 24.6. The quantitative estimate of drug-likeness (QED) is 0.102. The molecule has 0 aliphatic heterocycles. The van der Waals surface area contributed by atoms with E-state index in [1.54, 1.807) is 35.0 Å². The summed E-state index contributed by atoms with van der Waals surface area (Å²) in [5.74, 6) is -2.05. The first-order valence-corrected chi connectivity index (χ1v) is 15.8. The van der Waals surface area contributed by atoms with Gasteiger partial charge in [-0.3, -0.25) is 4.55 Å². The van der Waals surface area contributed by atoms with E-state index in [1.165, 1.54) is 83.5 Å². The molecule has 6 nitrogen and oxygen atoms in total. The molecule has 1 N–H and O–H groups in total. The number of aliphatic carboxylic acids is 1. The topological polar surface area (TPSA) is 94.5 Å². The minimum atomic E-state index is -4.20. The molecular weight excluding hydrogens is 462 g/mol. The number of quaternary nitrogens is 1. The first kappa shape index (κ1) is 34.3. The van der Waals surface area contributed by atoms with Crippen LogP contribution in [0.15, 0.2) is 0 Å². The number of nitrogens with zero attached hydrogens (tertiary/aromatic N) is 1. The number of unbranched alkanes of at least 4 members (excludes halogenated alkanes) is 15. The summed E-state index contributed by atoms with van der Waals surface area (Å²) in [5.41, 5.74) is -0.845. The Labute approximate surface area is 217 Å². The number of hydrogen-bond acceptors (Lipinski definition) is 4. The van der Waals surface area contributed by atoms with Gasteiger partial charge in [-0.05, 0) is 12.3 Å². The van der Waals surface area contributed by atoms with Crippen LogP contribution in [0.4, 0.5) is 0 Å². The van der Waals surface area contributed by atoms with Crippen LogP contribution in [0.1, 0.15) is 130 Å². The zero-order valence-electron chi connectivity index (χ0n) is 23.8. The first-order chi connectivity index (χ1) is 16.2. The van der Waals surface area contributed by atoms with Gasteiger partial charge in [0.2, 0.25) is 0 Å². The highest BCUT2D eigenvalue weighted by Crippen LogP contribution is 2.39. The Hall–Kier alpha value is -0.660. The molecule has 0 spiro atoms. The second-order valence-electron chi connectivity index (χ2n) is 12.2. The monoisotopic (exact) mass is 519 g/mol. The highest BCUT2D eigenvalue weighted by molar-refractivity contribution is 7.85. The highest BCUT2D eigenvalue weighted by Gasteiger charge is 2.46. The summed E-state index contributed by atoms with van der Waals surface area (Å²) in [6, 6.07) is -0.879. The van der Waals surface area contributed by atoms with E-state index in [2.05, 4.69) is 6.92 Å². The van der Waals surface area contributed by atoms with E-state index in [0.29, 0.717) is 6.42 Å². The lowest BCUT2D eigenvalue weighted by molar-refractivity contribution is -0.897. The number of carbonyl (C=O) groups excluding carboxylic acids is 1. The second kappa shape index (κ2) is 17.7. The van der Waals surface area contributed by atoms with Gasteiger partial charge in [-0.15, -0.1) is 0 Å². The largest absolute Gasteiger partial charge is 0.544 e. The van der Waals surface area contributed by atoms with Crippen molar-refractivity contribution in [1.29, 1.82) is 0 Å². The van der Waals surface area contributed by atoms with Gasteiger partial charge in [0.15, 0.2) is 0 Å². The number of carboxylic acids is 1. The average molecular weight is 520 g/mol. The van der Waals surface area contributed by atoms with Crippen LogP contribution in [0.5, 0.6) is 0 Å². The lowest BCUT2D eigenvalue weighted by Crippen LogP contribution is -2.63. The van der Waals surface area contributed by atoms with Crippen molar-refractivity contribution < 1.29 is 27.4 Å². The lowest BCUT2D eigenvalue weighted by atomic mass is 9.70. The van der Waals surface area contributed by atoms with E-state index in [0.717, 1.165) is 19.3 Å². The third-order valence-electron chi connectivity index (χ3n) is 7.57. The molecule has 0 bridgehead atoms. The first-order valence-electron chi connectivity index (χ1n) is 14.2. The molecule has 0 radical (unpaired) electrons. The highest BCUT2D eigenvalue weighted by atomic mass is 32.2. The molecule has 0 aromatic rings. The van der Waals surface area contributed by atoms with E-state index in [-0.39, 0.29) is 4.48 Å². The van der Waals surface area contributed by atoms with Crippen LogP contribution in [0.25, 0.3) is 0 Å². The summed E-state index contributed by atoms with van der Waals surface area (Å²) in [6.07, 6.45) is 20.9. The fourth-order valence-electron chi connectivity index (χ4n) is 5.70. The van der Waals surface area contributed by atoms with Gasteiger partial charge in [0.05, 0.1) is 32.9 Å². The van der Waals surface area contributed by atoms with E-state index in [4.69, 9.17) is 0 Å². The van der Waals surface area contributed by atoms with Crippen LogP contribution in [0, 0.1) is 11.3 Å².